The second-order valence-electron chi connectivity index (χ2n) is 2.83. The Morgan fingerprint density at radius 3 is 1.78 bits per heavy atom. The lowest BCUT2D eigenvalue weighted by atomic mass is 9.74. The summed E-state index contributed by atoms with van der Waals surface area (Å²) in [7, 11) is 0. The van der Waals surface area contributed by atoms with Gasteiger partial charge in [0.15, 0.2) is 0 Å². The summed E-state index contributed by atoms with van der Waals surface area (Å²) in [6, 6.07) is 0. The van der Waals surface area contributed by atoms with Crippen LogP contribution in [0.1, 0.15) is 12.8 Å². The van der Waals surface area contributed by atoms with Crippen molar-refractivity contribution in [2.75, 3.05) is 0 Å². The molecule has 1 saturated carbocycles. The van der Waals surface area contributed by atoms with Gasteiger partial charge in [0.2, 0.25) is 0 Å². The molecule has 2 fully saturated rings. The van der Waals surface area contributed by atoms with Crippen LogP contribution in [0.25, 0.3) is 0 Å². The van der Waals surface area contributed by atoms with Gasteiger partial charge in [-0.05, 0) is 34.5 Å². The van der Waals surface area contributed by atoms with Crippen LogP contribution in [0.3, 0.4) is 0 Å². The standard InChI is InChI=1S/C8H10S/c1-5-7-3-4-8(7)6(2)9-5/h7-8H,1-4H2/t7-,8+. The zero-order chi connectivity index (χ0) is 6.43. The first-order chi connectivity index (χ1) is 4.29. The zero-order valence-corrected chi connectivity index (χ0v) is 6.21. The van der Waals surface area contributed by atoms with Crippen molar-refractivity contribution in [2.24, 2.45) is 11.8 Å². The lowest BCUT2D eigenvalue weighted by molar-refractivity contribution is 0.287. The van der Waals surface area contributed by atoms with Crippen molar-refractivity contribution in [1.82, 2.24) is 0 Å². The number of thioether (sulfide) groups is 1. The van der Waals surface area contributed by atoms with Gasteiger partial charge in [0.25, 0.3) is 0 Å². The fraction of sp³-hybridized carbons (Fsp3) is 0.500. The Kier molecular flexibility index (Phi) is 1.03. The number of rotatable bonds is 0. The van der Waals surface area contributed by atoms with E-state index in [1.54, 1.807) is 0 Å². The molecule has 9 heavy (non-hydrogen) atoms. The molecule has 1 heterocycles. The largest absolute Gasteiger partial charge is 0.0996 e. The molecule has 1 saturated heterocycles. The van der Waals surface area contributed by atoms with Crippen molar-refractivity contribution in [3.05, 3.63) is 23.0 Å². The molecule has 48 valence electrons. The number of allylic oxidation sites excluding steroid dienone is 2. The van der Waals surface area contributed by atoms with Crippen molar-refractivity contribution in [2.45, 2.75) is 12.8 Å². The summed E-state index contributed by atoms with van der Waals surface area (Å²) in [5.74, 6) is 1.62. The topological polar surface area (TPSA) is 0 Å². The van der Waals surface area contributed by atoms with Gasteiger partial charge >= 0.3 is 0 Å². The maximum Gasteiger partial charge on any atom is -0.00304 e. The Bertz CT molecular complexity index is 161. The molecule has 0 bridgehead atoms. The van der Waals surface area contributed by atoms with E-state index in [1.165, 1.54) is 22.7 Å². The smallest absolute Gasteiger partial charge is 0.00304 e. The molecule has 2 aliphatic rings. The molecule has 2 rings (SSSR count). The van der Waals surface area contributed by atoms with Gasteiger partial charge < -0.3 is 0 Å². The predicted octanol–water partition coefficient (Wildman–Crippen LogP) is 2.79. The molecule has 0 aromatic rings. The molecule has 1 heteroatoms. The fourth-order valence-electron chi connectivity index (χ4n) is 1.59. The molecule has 0 N–H and O–H groups in total. The quantitative estimate of drug-likeness (QED) is 0.496. The number of hydrogen-bond donors (Lipinski definition) is 0. The highest BCUT2D eigenvalue weighted by molar-refractivity contribution is 8.07. The molecular weight excluding hydrogens is 128 g/mol. The summed E-state index contributed by atoms with van der Waals surface area (Å²) in [6.45, 7) is 7.98. The lowest BCUT2D eigenvalue weighted by Crippen LogP contribution is -2.20. The van der Waals surface area contributed by atoms with Gasteiger partial charge in [-0.1, -0.05) is 24.9 Å². The van der Waals surface area contributed by atoms with Crippen molar-refractivity contribution in [3.8, 4) is 0 Å². The molecule has 0 spiro atoms. The van der Waals surface area contributed by atoms with Crippen LogP contribution in [0.15, 0.2) is 23.0 Å². The molecule has 0 nitrogen and oxygen atoms in total. The molecule has 1 aliphatic heterocycles. The molecule has 1 aliphatic carbocycles. The molecule has 0 amide bonds. The third kappa shape index (κ3) is 0.613. The second-order valence-corrected chi connectivity index (χ2v) is 4.08. The van der Waals surface area contributed by atoms with Gasteiger partial charge in [0, 0.05) is 0 Å². The van der Waals surface area contributed by atoms with Gasteiger partial charge in [-0.2, -0.15) is 0 Å². The van der Waals surface area contributed by atoms with Gasteiger partial charge in [0.1, 0.15) is 0 Å². The van der Waals surface area contributed by atoms with Crippen LogP contribution in [-0.4, -0.2) is 0 Å². The highest BCUT2D eigenvalue weighted by Crippen LogP contribution is 2.57. The molecule has 0 radical (unpaired) electrons. The van der Waals surface area contributed by atoms with Crippen LogP contribution in [0.4, 0.5) is 0 Å². The van der Waals surface area contributed by atoms with E-state index in [1.807, 2.05) is 11.8 Å². The highest BCUT2D eigenvalue weighted by Gasteiger charge is 2.40. The van der Waals surface area contributed by atoms with Crippen LogP contribution in [0, 0.1) is 11.8 Å². The summed E-state index contributed by atoms with van der Waals surface area (Å²) in [5, 5.41) is 0. The fourth-order valence-corrected chi connectivity index (χ4v) is 2.79. The van der Waals surface area contributed by atoms with Crippen molar-refractivity contribution in [3.63, 3.8) is 0 Å². The first-order valence-corrected chi connectivity index (χ1v) is 4.16. The summed E-state index contributed by atoms with van der Waals surface area (Å²) in [6.07, 6.45) is 2.71. The Hall–Kier alpha value is -0.170. The molecule has 2 atom stereocenters. The lowest BCUT2D eigenvalue weighted by Gasteiger charge is -2.29. The SMILES string of the molecule is C=C1SC(=C)[C@@H]2CC[C@H]12. The van der Waals surface area contributed by atoms with E-state index in [0.717, 1.165) is 11.8 Å². The average Bonchev–Trinajstić information content (AvgIpc) is 1.73. The Balaban J connectivity index is 2.26. The van der Waals surface area contributed by atoms with E-state index in [2.05, 4.69) is 13.2 Å². The minimum Gasteiger partial charge on any atom is -0.0996 e. The predicted molar refractivity (Wildman–Crippen MR) is 42.1 cm³/mol. The Morgan fingerprint density at radius 1 is 1.11 bits per heavy atom. The first-order valence-electron chi connectivity index (χ1n) is 3.34. The van der Waals surface area contributed by atoms with Gasteiger partial charge in [-0.25, -0.2) is 0 Å². The number of hydrogen-bond acceptors (Lipinski definition) is 1. The highest BCUT2D eigenvalue weighted by atomic mass is 32.2. The van der Waals surface area contributed by atoms with Crippen LogP contribution in [-0.2, 0) is 0 Å². The minimum absolute atomic E-state index is 0.808. The monoisotopic (exact) mass is 138 g/mol. The summed E-state index contributed by atoms with van der Waals surface area (Å²) >= 11 is 1.81. The van der Waals surface area contributed by atoms with E-state index in [4.69, 9.17) is 0 Å². The maximum atomic E-state index is 3.99. The zero-order valence-electron chi connectivity index (χ0n) is 5.39. The van der Waals surface area contributed by atoms with E-state index in [-0.39, 0.29) is 0 Å². The van der Waals surface area contributed by atoms with Crippen molar-refractivity contribution in [1.29, 1.82) is 0 Å². The van der Waals surface area contributed by atoms with E-state index >= 15 is 0 Å². The third-order valence-corrected chi connectivity index (χ3v) is 3.49. The van der Waals surface area contributed by atoms with Gasteiger partial charge in [0.05, 0.1) is 0 Å². The van der Waals surface area contributed by atoms with Crippen LogP contribution in [0.5, 0.6) is 0 Å². The Morgan fingerprint density at radius 2 is 1.56 bits per heavy atom. The van der Waals surface area contributed by atoms with E-state index in [0.29, 0.717) is 0 Å². The third-order valence-electron chi connectivity index (χ3n) is 2.36. The maximum absolute atomic E-state index is 3.99. The summed E-state index contributed by atoms with van der Waals surface area (Å²) in [4.78, 5) is 2.72. The number of fused-ring (bicyclic) bond motifs is 1. The van der Waals surface area contributed by atoms with Crippen LogP contribution in [0.2, 0.25) is 0 Å². The van der Waals surface area contributed by atoms with Crippen molar-refractivity contribution >= 4 is 11.8 Å². The van der Waals surface area contributed by atoms with Crippen LogP contribution < -0.4 is 0 Å². The normalized spacial score (nSPS) is 40.4. The molecule has 0 aromatic heterocycles. The molecule has 0 aromatic carbocycles. The van der Waals surface area contributed by atoms with E-state index in [9.17, 15) is 0 Å². The molecular formula is C8H10S. The van der Waals surface area contributed by atoms with Crippen molar-refractivity contribution < 1.29 is 0 Å². The Labute approximate surface area is 60.0 Å². The van der Waals surface area contributed by atoms with E-state index < -0.39 is 0 Å². The first kappa shape index (κ1) is 5.60. The van der Waals surface area contributed by atoms with Crippen LogP contribution >= 0.6 is 11.8 Å². The van der Waals surface area contributed by atoms with Gasteiger partial charge in [-0.3, -0.25) is 0 Å². The average molecular weight is 138 g/mol. The minimum atomic E-state index is 0.808. The summed E-state index contributed by atoms with van der Waals surface area (Å²) < 4.78 is 0. The van der Waals surface area contributed by atoms with Gasteiger partial charge in [-0.15, -0.1) is 0 Å². The summed E-state index contributed by atoms with van der Waals surface area (Å²) in [5.41, 5.74) is 0. The second kappa shape index (κ2) is 1.66. The molecule has 0 unspecified atom stereocenters.